The van der Waals surface area contributed by atoms with E-state index in [2.05, 4.69) is 0 Å². The molecule has 122 valence electrons. The lowest BCUT2D eigenvalue weighted by atomic mass is 9.86. The Labute approximate surface area is 136 Å². The number of likely N-dealkylation sites (N-methyl/N-ethyl adjacent to an activating group) is 1. The minimum atomic E-state index is -0.00194. The summed E-state index contributed by atoms with van der Waals surface area (Å²) in [6.45, 7) is 0.260. The van der Waals surface area contributed by atoms with Crippen LogP contribution in [0.2, 0.25) is 0 Å². The number of carbonyl (C=O) groups is 1. The minimum absolute atomic E-state index is 0.00194. The van der Waals surface area contributed by atoms with Crippen LogP contribution in [0.4, 0.5) is 0 Å². The summed E-state index contributed by atoms with van der Waals surface area (Å²) in [6, 6.07) is 10.0. The quantitative estimate of drug-likeness (QED) is 0.880. The number of amides is 1. The number of aliphatic hydroxyl groups excluding tert-OH is 1. The first kappa shape index (κ1) is 15.8. The number of nitrogens with zero attached hydrogens (tertiary/aromatic N) is 1. The summed E-state index contributed by atoms with van der Waals surface area (Å²) in [5.74, 6) is 1.09. The lowest BCUT2D eigenvalue weighted by Crippen LogP contribution is -2.39. The van der Waals surface area contributed by atoms with Crippen molar-refractivity contribution >= 4 is 23.0 Å². The van der Waals surface area contributed by atoms with Crippen molar-refractivity contribution in [3.8, 4) is 0 Å². The van der Waals surface area contributed by atoms with Gasteiger partial charge in [-0.2, -0.15) is 0 Å². The van der Waals surface area contributed by atoms with Gasteiger partial charge in [-0.25, -0.2) is 0 Å². The van der Waals surface area contributed by atoms with Gasteiger partial charge in [-0.1, -0.05) is 18.2 Å². The summed E-state index contributed by atoms with van der Waals surface area (Å²) in [7, 11) is 1.86. The molecule has 1 aliphatic rings. The molecular weight excluding hydrogens is 290 g/mol. The average Bonchev–Trinajstić information content (AvgIpc) is 3.02. The van der Waals surface area contributed by atoms with Crippen molar-refractivity contribution in [3.63, 3.8) is 0 Å². The Bertz CT molecular complexity index is 662. The van der Waals surface area contributed by atoms with Gasteiger partial charge in [0.1, 0.15) is 11.3 Å². The lowest BCUT2D eigenvalue weighted by Gasteiger charge is -2.33. The number of hydrogen-bond acceptors (Lipinski definition) is 3. The summed E-state index contributed by atoms with van der Waals surface area (Å²) in [5.41, 5.74) is 0.829. The van der Waals surface area contributed by atoms with Gasteiger partial charge in [0, 0.05) is 31.2 Å². The Balaban J connectivity index is 1.61. The lowest BCUT2D eigenvalue weighted by molar-refractivity contribution is -0.127. The van der Waals surface area contributed by atoms with Crippen LogP contribution >= 0.6 is 0 Å². The van der Waals surface area contributed by atoms with Crippen LogP contribution in [0.3, 0.4) is 0 Å². The van der Waals surface area contributed by atoms with Crippen molar-refractivity contribution in [2.45, 2.75) is 31.7 Å². The Kier molecular flexibility index (Phi) is 4.82. The van der Waals surface area contributed by atoms with Gasteiger partial charge in [0.15, 0.2) is 0 Å². The summed E-state index contributed by atoms with van der Waals surface area (Å²) >= 11 is 0. The van der Waals surface area contributed by atoms with E-state index in [1.807, 2.05) is 42.3 Å². The van der Waals surface area contributed by atoms with Gasteiger partial charge in [-0.05, 0) is 49.8 Å². The topological polar surface area (TPSA) is 53.7 Å². The second-order valence-corrected chi connectivity index (χ2v) is 6.33. The van der Waals surface area contributed by atoms with E-state index < -0.39 is 0 Å². The highest BCUT2D eigenvalue weighted by Gasteiger charge is 2.25. The molecule has 1 aromatic heterocycles. The zero-order valence-corrected chi connectivity index (χ0v) is 13.4. The SMILES string of the molecule is CN(C(=O)/C=C/c1cc2ccccc2o1)C1CCC(CO)CC1. The highest BCUT2D eigenvalue weighted by atomic mass is 16.3. The number of para-hydroxylation sites is 1. The molecule has 0 bridgehead atoms. The molecule has 2 aromatic rings. The average molecular weight is 313 g/mol. The summed E-state index contributed by atoms with van der Waals surface area (Å²) < 4.78 is 5.69. The van der Waals surface area contributed by atoms with Crippen molar-refractivity contribution in [2.75, 3.05) is 13.7 Å². The molecule has 23 heavy (non-hydrogen) atoms. The second kappa shape index (κ2) is 7.01. The van der Waals surface area contributed by atoms with Crippen molar-refractivity contribution < 1.29 is 14.3 Å². The van der Waals surface area contributed by atoms with E-state index >= 15 is 0 Å². The molecule has 1 N–H and O–H groups in total. The Morgan fingerprint density at radius 3 is 2.74 bits per heavy atom. The molecule has 0 radical (unpaired) electrons. The van der Waals surface area contributed by atoms with E-state index in [4.69, 9.17) is 4.42 Å². The number of hydrogen-bond donors (Lipinski definition) is 1. The van der Waals surface area contributed by atoms with Gasteiger partial charge >= 0.3 is 0 Å². The molecule has 1 fully saturated rings. The van der Waals surface area contributed by atoms with E-state index in [0.717, 1.165) is 36.7 Å². The van der Waals surface area contributed by atoms with E-state index in [-0.39, 0.29) is 18.6 Å². The smallest absolute Gasteiger partial charge is 0.246 e. The normalized spacial score (nSPS) is 21.8. The molecule has 3 rings (SSSR count). The third kappa shape index (κ3) is 3.64. The van der Waals surface area contributed by atoms with Crippen LogP contribution in [0.1, 0.15) is 31.4 Å². The maximum atomic E-state index is 12.3. The molecule has 0 unspecified atom stereocenters. The number of benzene rings is 1. The monoisotopic (exact) mass is 313 g/mol. The molecule has 1 heterocycles. The molecule has 4 nitrogen and oxygen atoms in total. The van der Waals surface area contributed by atoms with Crippen LogP contribution in [0.25, 0.3) is 17.0 Å². The minimum Gasteiger partial charge on any atom is -0.457 e. The van der Waals surface area contributed by atoms with Gasteiger partial charge in [-0.3, -0.25) is 4.79 Å². The standard InChI is InChI=1S/C19H23NO3/c1-20(16-8-6-14(13-21)7-9-16)19(22)11-10-17-12-15-4-2-3-5-18(15)23-17/h2-5,10-12,14,16,21H,6-9,13H2,1H3/b11-10+. The largest absolute Gasteiger partial charge is 0.457 e. The molecule has 0 aliphatic heterocycles. The first-order chi connectivity index (χ1) is 11.2. The molecule has 0 saturated heterocycles. The molecule has 1 aromatic carbocycles. The van der Waals surface area contributed by atoms with Crippen LogP contribution in [0.5, 0.6) is 0 Å². The van der Waals surface area contributed by atoms with E-state index in [0.29, 0.717) is 11.7 Å². The zero-order chi connectivity index (χ0) is 16.2. The number of rotatable bonds is 4. The number of furan rings is 1. The second-order valence-electron chi connectivity index (χ2n) is 6.33. The molecule has 0 atom stereocenters. The predicted octanol–water partition coefficient (Wildman–Crippen LogP) is 3.46. The van der Waals surface area contributed by atoms with Gasteiger partial charge in [0.25, 0.3) is 0 Å². The van der Waals surface area contributed by atoms with E-state index in [1.165, 1.54) is 0 Å². The van der Waals surface area contributed by atoms with Crippen molar-refractivity contribution in [1.29, 1.82) is 0 Å². The fraction of sp³-hybridized carbons (Fsp3) is 0.421. The van der Waals surface area contributed by atoms with Crippen LogP contribution in [-0.2, 0) is 4.79 Å². The van der Waals surface area contributed by atoms with Crippen LogP contribution in [0, 0.1) is 5.92 Å². The van der Waals surface area contributed by atoms with Gasteiger partial charge < -0.3 is 14.4 Å². The fourth-order valence-electron chi connectivity index (χ4n) is 3.25. The maximum absolute atomic E-state index is 12.3. The molecule has 0 spiro atoms. The van der Waals surface area contributed by atoms with Crippen molar-refractivity contribution in [3.05, 3.63) is 42.2 Å². The third-order valence-electron chi connectivity index (χ3n) is 4.80. The van der Waals surface area contributed by atoms with Gasteiger partial charge in [-0.15, -0.1) is 0 Å². The Hall–Kier alpha value is -2.07. The predicted molar refractivity (Wildman–Crippen MR) is 90.8 cm³/mol. The van der Waals surface area contributed by atoms with Crippen molar-refractivity contribution in [2.24, 2.45) is 5.92 Å². The Morgan fingerprint density at radius 1 is 1.30 bits per heavy atom. The van der Waals surface area contributed by atoms with Gasteiger partial charge in [0.05, 0.1) is 0 Å². The first-order valence-corrected chi connectivity index (χ1v) is 8.21. The van der Waals surface area contributed by atoms with Crippen molar-refractivity contribution in [1.82, 2.24) is 4.90 Å². The summed E-state index contributed by atoms with van der Waals surface area (Å²) in [6.07, 6.45) is 7.23. The zero-order valence-electron chi connectivity index (χ0n) is 13.4. The molecule has 1 amide bonds. The van der Waals surface area contributed by atoms with Crippen LogP contribution in [0.15, 0.2) is 40.8 Å². The van der Waals surface area contributed by atoms with Crippen LogP contribution < -0.4 is 0 Å². The molecule has 1 aliphatic carbocycles. The summed E-state index contributed by atoms with van der Waals surface area (Å²) in [4.78, 5) is 14.1. The van der Waals surface area contributed by atoms with E-state index in [9.17, 15) is 9.90 Å². The highest BCUT2D eigenvalue weighted by Crippen LogP contribution is 2.27. The highest BCUT2D eigenvalue weighted by molar-refractivity contribution is 5.92. The van der Waals surface area contributed by atoms with Gasteiger partial charge in [0.2, 0.25) is 5.91 Å². The number of carbonyl (C=O) groups excluding carboxylic acids is 1. The summed E-state index contributed by atoms with van der Waals surface area (Å²) in [5, 5.41) is 10.2. The third-order valence-corrected chi connectivity index (χ3v) is 4.80. The van der Waals surface area contributed by atoms with Crippen LogP contribution in [-0.4, -0.2) is 35.6 Å². The molecule has 4 heteroatoms. The Morgan fingerprint density at radius 2 is 2.04 bits per heavy atom. The molecular formula is C19H23NO3. The fourth-order valence-corrected chi connectivity index (χ4v) is 3.25. The number of aliphatic hydroxyl groups is 1. The van der Waals surface area contributed by atoms with E-state index in [1.54, 1.807) is 12.2 Å². The number of fused-ring (bicyclic) bond motifs is 1. The first-order valence-electron chi connectivity index (χ1n) is 8.21. The maximum Gasteiger partial charge on any atom is 0.246 e. The molecule has 1 saturated carbocycles.